The first-order valence-corrected chi connectivity index (χ1v) is 9.88. The highest BCUT2D eigenvalue weighted by atomic mass is 32.1. The number of rotatable bonds is 7. The van der Waals surface area contributed by atoms with Gasteiger partial charge in [-0.3, -0.25) is 4.79 Å². The first-order chi connectivity index (χ1) is 13.6. The first kappa shape index (κ1) is 20.0. The predicted octanol–water partition coefficient (Wildman–Crippen LogP) is 3.33. The van der Waals surface area contributed by atoms with E-state index in [0.29, 0.717) is 17.2 Å². The van der Waals surface area contributed by atoms with Crippen molar-refractivity contribution in [1.29, 1.82) is 0 Å². The number of anilines is 1. The van der Waals surface area contributed by atoms with Gasteiger partial charge in [-0.2, -0.15) is 0 Å². The number of hydrogen-bond acceptors (Lipinski definition) is 7. The summed E-state index contributed by atoms with van der Waals surface area (Å²) in [6.07, 6.45) is 1.95. The molecule has 3 rings (SSSR count). The summed E-state index contributed by atoms with van der Waals surface area (Å²) >= 11 is 1.67. The summed E-state index contributed by atoms with van der Waals surface area (Å²) in [5.74, 6) is 0.342. The minimum absolute atomic E-state index is 0.0125. The fourth-order valence-corrected chi connectivity index (χ4v) is 4.29. The first-order valence-electron chi connectivity index (χ1n) is 9.00. The number of amides is 1. The van der Waals surface area contributed by atoms with E-state index in [1.54, 1.807) is 23.5 Å². The van der Waals surface area contributed by atoms with Gasteiger partial charge in [0.1, 0.15) is 0 Å². The van der Waals surface area contributed by atoms with Crippen molar-refractivity contribution >= 4 is 28.9 Å². The number of carbonyl (C=O) groups excluding carboxylic acids is 2. The third-order valence-electron chi connectivity index (χ3n) is 4.80. The molecule has 1 aliphatic heterocycles. The highest BCUT2D eigenvalue weighted by Gasteiger charge is 2.30. The Bertz CT molecular complexity index is 837. The summed E-state index contributed by atoms with van der Waals surface area (Å²) in [6.45, 7) is 0.806. The lowest BCUT2D eigenvalue weighted by molar-refractivity contribution is -0.130. The number of hydrogen-bond donors (Lipinski definition) is 1. The van der Waals surface area contributed by atoms with Crippen molar-refractivity contribution in [2.45, 2.75) is 18.9 Å². The van der Waals surface area contributed by atoms with Gasteiger partial charge < -0.3 is 24.4 Å². The molecule has 0 saturated carbocycles. The number of benzene rings is 1. The van der Waals surface area contributed by atoms with Crippen LogP contribution in [0.2, 0.25) is 0 Å². The fraction of sp³-hybridized carbons (Fsp3) is 0.400. The molecule has 1 aliphatic rings. The van der Waals surface area contributed by atoms with Gasteiger partial charge in [0.15, 0.2) is 11.5 Å². The quantitative estimate of drug-likeness (QED) is 0.714. The molecular formula is C20H24N2O5S. The van der Waals surface area contributed by atoms with Crippen LogP contribution >= 0.6 is 11.3 Å². The molecule has 28 heavy (non-hydrogen) atoms. The van der Waals surface area contributed by atoms with Crippen LogP contribution in [0.3, 0.4) is 0 Å². The Labute approximate surface area is 168 Å². The summed E-state index contributed by atoms with van der Waals surface area (Å²) in [5.41, 5.74) is 0.744. The van der Waals surface area contributed by atoms with Crippen LogP contribution < -0.4 is 14.8 Å². The number of thiophene rings is 1. The molecule has 2 heterocycles. The second-order valence-corrected chi connectivity index (χ2v) is 7.34. The largest absolute Gasteiger partial charge is 0.493 e. The van der Waals surface area contributed by atoms with Gasteiger partial charge in [0.2, 0.25) is 5.91 Å². The van der Waals surface area contributed by atoms with Crippen molar-refractivity contribution in [3.05, 3.63) is 40.1 Å². The maximum Gasteiger partial charge on any atom is 0.340 e. The number of methoxy groups -OCH3 is 3. The van der Waals surface area contributed by atoms with E-state index >= 15 is 0 Å². The van der Waals surface area contributed by atoms with E-state index in [4.69, 9.17) is 14.2 Å². The fourth-order valence-electron chi connectivity index (χ4n) is 3.42. The Morgan fingerprint density at radius 3 is 2.61 bits per heavy atom. The van der Waals surface area contributed by atoms with Gasteiger partial charge in [0.05, 0.1) is 45.2 Å². The molecule has 0 aliphatic carbocycles. The Morgan fingerprint density at radius 2 is 1.96 bits per heavy atom. The molecule has 0 radical (unpaired) electrons. The summed E-state index contributed by atoms with van der Waals surface area (Å²) in [7, 11) is 4.32. The van der Waals surface area contributed by atoms with Crippen molar-refractivity contribution in [3.8, 4) is 11.5 Å². The van der Waals surface area contributed by atoms with Crippen LogP contribution in [0.5, 0.6) is 11.5 Å². The highest BCUT2D eigenvalue weighted by molar-refractivity contribution is 7.10. The Kier molecular flexibility index (Phi) is 6.41. The topological polar surface area (TPSA) is 77.1 Å². The van der Waals surface area contributed by atoms with Gasteiger partial charge in [0, 0.05) is 23.6 Å². The average Bonchev–Trinajstić information content (AvgIpc) is 3.42. The Balaban J connectivity index is 1.77. The standard InChI is InChI=1S/C20H24N2O5S/c1-25-16-10-13(20(24)27-3)14(11-17(16)26-2)21-12-19(23)22-8-4-6-15(22)18-7-5-9-28-18/h5,7,9-11,15,21H,4,6,8,12H2,1-3H3. The maximum absolute atomic E-state index is 12.8. The number of esters is 1. The number of likely N-dealkylation sites (tertiary alicyclic amines) is 1. The van der Waals surface area contributed by atoms with E-state index in [1.165, 1.54) is 26.2 Å². The zero-order chi connectivity index (χ0) is 20.1. The van der Waals surface area contributed by atoms with Gasteiger partial charge in [-0.15, -0.1) is 11.3 Å². The predicted molar refractivity (Wildman–Crippen MR) is 107 cm³/mol. The summed E-state index contributed by atoms with van der Waals surface area (Å²) in [5, 5.41) is 5.10. The van der Waals surface area contributed by atoms with E-state index < -0.39 is 5.97 Å². The second-order valence-electron chi connectivity index (χ2n) is 6.36. The number of nitrogens with zero attached hydrogens (tertiary/aromatic N) is 1. The lowest BCUT2D eigenvalue weighted by atomic mass is 10.1. The van der Waals surface area contributed by atoms with Gasteiger partial charge in [-0.25, -0.2) is 4.79 Å². The van der Waals surface area contributed by atoms with E-state index in [1.807, 2.05) is 16.3 Å². The molecule has 1 atom stereocenters. The van der Waals surface area contributed by atoms with Crippen molar-refractivity contribution in [2.24, 2.45) is 0 Å². The van der Waals surface area contributed by atoms with Crippen LogP contribution in [0.1, 0.15) is 34.1 Å². The van der Waals surface area contributed by atoms with Crippen LogP contribution in [-0.4, -0.2) is 51.2 Å². The lowest BCUT2D eigenvalue weighted by Gasteiger charge is -2.24. The number of nitrogens with one attached hydrogen (secondary N) is 1. The third-order valence-corrected chi connectivity index (χ3v) is 5.78. The molecule has 150 valence electrons. The molecule has 1 amide bonds. The number of ether oxygens (including phenoxy) is 3. The molecule has 7 nitrogen and oxygen atoms in total. The van der Waals surface area contributed by atoms with Crippen LogP contribution in [0, 0.1) is 0 Å². The summed E-state index contributed by atoms with van der Waals surface area (Å²) < 4.78 is 15.4. The molecule has 1 unspecified atom stereocenters. The molecule has 1 fully saturated rings. The van der Waals surface area contributed by atoms with Gasteiger partial charge in [-0.05, 0) is 24.3 Å². The normalized spacial score (nSPS) is 16.0. The average molecular weight is 404 g/mol. The SMILES string of the molecule is COC(=O)c1cc(OC)c(OC)cc1NCC(=O)N1CCCC1c1cccs1. The van der Waals surface area contributed by atoms with Crippen molar-refractivity contribution < 1.29 is 23.8 Å². The molecule has 1 aromatic heterocycles. The molecule has 1 N–H and O–H groups in total. The van der Waals surface area contributed by atoms with E-state index in [0.717, 1.165) is 19.4 Å². The zero-order valence-corrected chi connectivity index (χ0v) is 17.0. The van der Waals surface area contributed by atoms with E-state index in [2.05, 4.69) is 11.4 Å². The van der Waals surface area contributed by atoms with E-state index in [-0.39, 0.29) is 24.1 Å². The maximum atomic E-state index is 12.8. The zero-order valence-electron chi connectivity index (χ0n) is 16.2. The molecule has 1 aromatic carbocycles. The molecule has 8 heteroatoms. The summed E-state index contributed by atoms with van der Waals surface area (Å²) in [6, 6.07) is 7.38. The van der Waals surface area contributed by atoms with Crippen LogP contribution in [0.15, 0.2) is 29.6 Å². The van der Waals surface area contributed by atoms with Crippen molar-refractivity contribution in [1.82, 2.24) is 4.90 Å². The molecule has 1 saturated heterocycles. The highest BCUT2D eigenvalue weighted by Crippen LogP contribution is 2.36. The van der Waals surface area contributed by atoms with Crippen molar-refractivity contribution in [2.75, 3.05) is 39.7 Å². The smallest absolute Gasteiger partial charge is 0.340 e. The van der Waals surface area contributed by atoms with Gasteiger partial charge in [0.25, 0.3) is 0 Å². The van der Waals surface area contributed by atoms with Crippen LogP contribution in [-0.2, 0) is 9.53 Å². The van der Waals surface area contributed by atoms with Gasteiger partial charge >= 0.3 is 5.97 Å². The second kappa shape index (κ2) is 8.97. The minimum Gasteiger partial charge on any atom is -0.493 e. The summed E-state index contributed by atoms with van der Waals surface area (Å²) in [4.78, 5) is 28.1. The monoisotopic (exact) mass is 404 g/mol. The van der Waals surface area contributed by atoms with Crippen LogP contribution in [0.4, 0.5) is 5.69 Å². The lowest BCUT2D eigenvalue weighted by Crippen LogP contribution is -2.35. The minimum atomic E-state index is -0.520. The van der Waals surface area contributed by atoms with E-state index in [9.17, 15) is 9.59 Å². The Morgan fingerprint density at radius 1 is 1.21 bits per heavy atom. The third kappa shape index (κ3) is 4.06. The Hall–Kier alpha value is -2.74. The van der Waals surface area contributed by atoms with Crippen molar-refractivity contribution in [3.63, 3.8) is 0 Å². The van der Waals surface area contributed by atoms with Gasteiger partial charge in [-0.1, -0.05) is 6.07 Å². The molecule has 2 aromatic rings. The molecular weight excluding hydrogens is 380 g/mol. The number of carbonyl (C=O) groups is 2. The molecule has 0 bridgehead atoms. The molecule has 0 spiro atoms. The van der Waals surface area contributed by atoms with Crippen LogP contribution in [0.25, 0.3) is 0 Å².